The van der Waals surface area contributed by atoms with Crippen molar-refractivity contribution in [1.29, 1.82) is 0 Å². The molecule has 0 aliphatic carbocycles. The molecule has 0 radical (unpaired) electrons. The van der Waals surface area contributed by atoms with Gasteiger partial charge < -0.3 is 4.57 Å². The summed E-state index contributed by atoms with van der Waals surface area (Å²) in [5.41, 5.74) is 3.93. The summed E-state index contributed by atoms with van der Waals surface area (Å²) in [6.45, 7) is 6.14. The number of hydrogen-bond donors (Lipinski definition) is 0. The first-order valence-electron chi connectivity index (χ1n) is 6.21. The minimum Gasteiger partial charge on any atom is -0.344 e. The van der Waals surface area contributed by atoms with Gasteiger partial charge in [-0.15, -0.1) is 0 Å². The van der Waals surface area contributed by atoms with Crippen LogP contribution in [0.4, 0.5) is 0 Å². The molecule has 1 aromatic heterocycles. The first kappa shape index (κ1) is 11.7. The second-order valence-electron chi connectivity index (χ2n) is 4.10. The summed E-state index contributed by atoms with van der Waals surface area (Å²) in [4.78, 5) is 0. The second-order valence-corrected chi connectivity index (χ2v) is 4.10. The van der Waals surface area contributed by atoms with E-state index < -0.39 is 0 Å². The Balaban J connectivity index is 0.000000514. The molecule has 1 heterocycles. The third-order valence-electron chi connectivity index (χ3n) is 3.07. The maximum Gasteiger partial charge on any atom is 0.0491 e. The fourth-order valence-electron chi connectivity index (χ4n) is 2.27. The highest BCUT2D eigenvalue weighted by Gasteiger charge is 2.06. The molecule has 3 rings (SSSR count). The Morgan fingerprint density at radius 2 is 1.47 bits per heavy atom. The maximum atomic E-state index is 2.26. The summed E-state index contributed by atoms with van der Waals surface area (Å²) in [6, 6.07) is 15.2. The van der Waals surface area contributed by atoms with Crippen LogP contribution < -0.4 is 0 Å². The van der Waals surface area contributed by atoms with Crippen LogP contribution in [-0.4, -0.2) is 4.57 Å². The van der Waals surface area contributed by atoms with E-state index in [9.17, 15) is 0 Å². The Hall–Kier alpha value is -1.76. The van der Waals surface area contributed by atoms with Crippen molar-refractivity contribution >= 4 is 21.8 Å². The molecular weight excluding hydrogens is 206 g/mol. The van der Waals surface area contributed by atoms with Crippen molar-refractivity contribution in [3.63, 3.8) is 0 Å². The number of rotatable bonds is 0. The number of aryl methyl sites for hydroxylation is 2. The zero-order valence-electron chi connectivity index (χ0n) is 11.0. The number of aromatic nitrogens is 1. The van der Waals surface area contributed by atoms with Gasteiger partial charge in [-0.25, -0.2) is 0 Å². The highest BCUT2D eigenvalue weighted by molar-refractivity contribution is 6.08. The molecule has 0 bridgehead atoms. The van der Waals surface area contributed by atoms with E-state index in [2.05, 4.69) is 61.0 Å². The van der Waals surface area contributed by atoms with Crippen molar-refractivity contribution in [2.45, 2.75) is 20.8 Å². The van der Waals surface area contributed by atoms with Gasteiger partial charge >= 0.3 is 0 Å². The molecule has 2 aromatic carbocycles. The number of benzene rings is 2. The third kappa shape index (κ3) is 1.82. The fraction of sp³-hybridized carbons (Fsp3) is 0.250. The topological polar surface area (TPSA) is 4.93 Å². The van der Waals surface area contributed by atoms with Gasteiger partial charge in [0.25, 0.3) is 0 Å². The van der Waals surface area contributed by atoms with Crippen molar-refractivity contribution in [1.82, 2.24) is 4.57 Å². The first-order valence-corrected chi connectivity index (χ1v) is 6.21. The van der Waals surface area contributed by atoms with Crippen molar-refractivity contribution < 1.29 is 0 Å². The first-order chi connectivity index (χ1) is 8.27. The van der Waals surface area contributed by atoms with Crippen LogP contribution in [0, 0.1) is 6.92 Å². The highest BCUT2D eigenvalue weighted by Crippen LogP contribution is 2.28. The Kier molecular flexibility index (Phi) is 3.19. The molecule has 0 N–H and O–H groups in total. The molecule has 0 spiro atoms. The summed E-state index contributed by atoms with van der Waals surface area (Å²) in [6.07, 6.45) is 0. The summed E-state index contributed by atoms with van der Waals surface area (Å²) < 4.78 is 2.26. The minimum atomic E-state index is 1.30. The summed E-state index contributed by atoms with van der Waals surface area (Å²) >= 11 is 0. The van der Waals surface area contributed by atoms with Gasteiger partial charge in [0.15, 0.2) is 0 Å². The molecule has 0 aliphatic rings. The zero-order chi connectivity index (χ0) is 12.4. The van der Waals surface area contributed by atoms with Crippen molar-refractivity contribution in [3.05, 3.63) is 48.0 Å². The van der Waals surface area contributed by atoms with E-state index >= 15 is 0 Å². The standard InChI is InChI=1S/C14H13N.C2H6/c1-10-7-8-12-11-5-3-4-6-13(11)15(2)14(12)9-10;1-2/h3-9H,1-2H3;1-2H3. The summed E-state index contributed by atoms with van der Waals surface area (Å²) in [5, 5.41) is 2.69. The Labute approximate surface area is 103 Å². The quantitative estimate of drug-likeness (QED) is 0.524. The van der Waals surface area contributed by atoms with Gasteiger partial charge in [-0.3, -0.25) is 0 Å². The lowest BCUT2D eigenvalue weighted by molar-refractivity contribution is 1.01. The molecule has 1 heteroatoms. The molecular formula is C16H19N. The molecule has 0 amide bonds. The van der Waals surface area contributed by atoms with Gasteiger partial charge in [-0.1, -0.05) is 44.2 Å². The SMILES string of the molecule is CC.Cc1ccc2c3ccccc3n(C)c2c1. The minimum absolute atomic E-state index is 1.30. The van der Waals surface area contributed by atoms with Crippen molar-refractivity contribution in [2.24, 2.45) is 7.05 Å². The lowest BCUT2D eigenvalue weighted by atomic mass is 10.1. The Bertz CT molecular complexity index is 647. The van der Waals surface area contributed by atoms with Gasteiger partial charge in [-0.05, 0) is 24.6 Å². The molecule has 0 unspecified atom stereocenters. The smallest absolute Gasteiger partial charge is 0.0491 e. The van der Waals surface area contributed by atoms with Crippen LogP contribution in [0.15, 0.2) is 42.5 Å². The van der Waals surface area contributed by atoms with Gasteiger partial charge in [0.05, 0.1) is 0 Å². The molecule has 0 fully saturated rings. The van der Waals surface area contributed by atoms with Gasteiger partial charge in [0.1, 0.15) is 0 Å². The highest BCUT2D eigenvalue weighted by atomic mass is 14.9. The van der Waals surface area contributed by atoms with Crippen LogP contribution >= 0.6 is 0 Å². The summed E-state index contributed by atoms with van der Waals surface area (Å²) in [5.74, 6) is 0. The molecule has 3 aromatic rings. The number of para-hydroxylation sites is 1. The van der Waals surface area contributed by atoms with E-state index in [1.165, 1.54) is 27.4 Å². The molecule has 0 saturated heterocycles. The molecule has 1 nitrogen and oxygen atoms in total. The normalized spacial score (nSPS) is 10.4. The van der Waals surface area contributed by atoms with E-state index in [1.54, 1.807) is 0 Å². The second kappa shape index (κ2) is 4.62. The van der Waals surface area contributed by atoms with Crippen LogP contribution in [0.5, 0.6) is 0 Å². The van der Waals surface area contributed by atoms with Crippen molar-refractivity contribution in [2.75, 3.05) is 0 Å². The van der Waals surface area contributed by atoms with E-state index in [4.69, 9.17) is 0 Å². The zero-order valence-corrected chi connectivity index (χ0v) is 11.0. The van der Waals surface area contributed by atoms with Gasteiger partial charge in [0.2, 0.25) is 0 Å². The van der Waals surface area contributed by atoms with E-state index in [1.807, 2.05) is 13.8 Å². The van der Waals surface area contributed by atoms with Crippen LogP contribution in [0.25, 0.3) is 21.8 Å². The largest absolute Gasteiger partial charge is 0.344 e. The van der Waals surface area contributed by atoms with E-state index in [0.29, 0.717) is 0 Å². The van der Waals surface area contributed by atoms with Crippen LogP contribution in [0.2, 0.25) is 0 Å². The van der Waals surface area contributed by atoms with Gasteiger partial charge in [-0.2, -0.15) is 0 Å². The number of hydrogen-bond acceptors (Lipinski definition) is 0. The van der Waals surface area contributed by atoms with Crippen LogP contribution in [0.3, 0.4) is 0 Å². The molecule has 88 valence electrons. The van der Waals surface area contributed by atoms with Crippen molar-refractivity contribution in [3.8, 4) is 0 Å². The van der Waals surface area contributed by atoms with E-state index in [-0.39, 0.29) is 0 Å². The predicted molar refractivity (Wildman–Crippen MR) is 76.5 cm³/mol. The Morgan fingerprint density at radius 1 is 0.824 bits per heavy atom. The van der Waals surface area contributed by atoms with Crippen LogP contribution in [0.1, 0.15) is 19.4 Å². The Morgan fingerprint density at radius 3 is 2.24 bits per heavy atom. The predicted octanol–water partition coefficient (Wildman–Crippen LogP) is 4.67. The molecule has 0 saturated carbocycles. The summed E-state index contributed by atoms with van der Waals surface area (Å²) in [7, 11) is 2.13. The average molecular weight is 225 g/mol. The molecule has 0 atom stereocenters. The number of fused-ring (bicyclic) bond motifs is 3. The molecule has 0 aliphatic heterocycles. The average Bonchev–Trinajstić information content (AvgIpc) is 2.66. The lowest BCUT2D eigenvalue weighted by Crippen LogP contribution is -1.86. The maximum absolute atomic E-state index is 2.26. The molecule has 17 heavy (non-hydrogen) atoms. The monoisotopic (exact) mass is 225 g/mol. The lowest BCUT2D eigenvalue weighted by Gasteiger charge is -1.97. The number of nitrogens with zero attached hydrogens (tertiary/aromatic N) is 1. The van der Waals surface area contributed by atoms with Gasteiger partial charge in [0, 0.05) is 28.9 Å². The van der Waals surface area contributed by atoms with Crippen LogP contribution in [-0.2, 0) is 7.05 Å². The van der Waals surface area contributed by atoms with E-state index in [0.717, 1.165) is 0 Å². The third-order valence-corrected chi connectivity index (χ3v) is 3.07. The fourth-order valence-corrected chi connectivity index (χ4v) is 2.27.